The average Bonchev–Trinajstić information content (AvgIpc) is 3.32. The highest BCUT2D eigenvalue weighted by molar-refractivity contribution is 8.00. The van der Waals surface area contributed by atoms with Crippen LogP contribution in [0.5, 0.6) is 0 Å². The molecular weight excluding hydrogens is 358 g/mol. The number of hydrogen-bond donors (Lipinski definition) is 3. The van der Waals surface area contributed by atoms with Gasteiger partial charge in [-0.3, -0.25) is 4.79 Å². The van der Waals surface area contributed by atoms with E-state index in [1.54, 1.807) is 6.20 Å². The first-order valence-electron chi connectivity index (χ1n) is 8.70. The number of carbonyl (C=O) groups is 1. The lowest BCUT2D eigenvalue weighted by molar-refractivity contribution is 0.0991. The lowest BCUT2D eigenvalue weighted by Crippen LogP contribution is -2.10. The highest BCUT2D eigenvalue weighted by Gasteiger charge is 2.27. The number of nitrogens with zero attached hydrogens (tertiary/aromatic N) is 2. The molecule has 0 aliphatic heterocycles. The summed E-state index contributed by atoms with van der Waals surface area (Å²) in [6.07, 6.45) is 2.70. The average molecular weight is 377 g/mol. The summed E-state index contributed by atoms with van der Waals surface area (Å²) in [4.78, 5) is 20.9. The van der Waals surface area contributed by atoms with Crippen LogP contribution in [0.1, 0.15) is 33.7 Å². The largest absolute Gasteiger partial charge is 0.368 e. The van der Waals surface area contributed by atoms with Crippen LogP contribution < -0.4 is 5.73 Å². The molecule has 4 aromatic rings. The Hall–Kier alpha value is -3.06. The Morgan fingerprint density at radius 2 is 2.00 bits per heavy atom. The monoisotopic (exact) mass is 377 g/mol. The predicted octanol–water partition coefficient (Wildman–Crippen LogP) is 4.15. The molecule has 0 unspecified atom stereocenters. The van der Waals surface area contributed by atoms with Crippen LogP contribution in [0, 0.1) is 0 Å². The Kier molecular flexibility index (Phi) is 4.68. The van der Waals surface area contributed by atoms with E-state index in [9.17, 15) is 4.79 Å². The first-order chi connectivity index (χ1) is 13.2. The van der Waals surface area contributed by atoms with Crippen molar-refractivity contribution in [2.45, 2.75) is 23.8 Å². The predicted molar refractivity (Wildman–Crippen MR) is 108 cm³/mol. The fourth-order valence-corrected chi connectivity index (χ4v) is 4.16. The summed E-state index contributed by atoms with van der Waals surface area (Å²) in [7, 11) is 0. The molecule has 0 spiro atoms. The van der Waals surface area contributed by atoms with E-state index < -0.39 is 5.25 Å². The molecule has 0 amide bonds. The second-order valence-corrected chi connectivity index (χ2v) is 7.24. The van der Waals surface area contributed by atoms with Crippen LogP contribution in [0.25, 0.3) is 10.9 Å². The van der Waals surface area contributed by atoms with Crippen molar-refractivity contribution in [3.05, 3.63) is 71.4 Å². The van der Waals surface area contributed by atoms with Gasteiger partial charge in [0.15, 0.2) is 5.78 Å². The fourth-order valence-electron chi connectivity index (χ4n) is 3.17. The maximum atomic E-state index is 13.5. The van der Waals surface area contributed by atoms with Gasteiger partial charge in [0.25, 0.3) is 0 Å². The normalized spacial score (nSPS) is 12.3. The molecule has 0 aliphatic carbocycles. The number of nitrogen functional groups attached to an aromatic ring is 1. The highest BCUT2D eigenvalue weighted by Crippen LogP contribution is 2.38. The van der Waals surface area contributed by atoms with Gasteiger partial charge in [0, 0.05) is 22.7 Å². The molecule has 0 saturated carbocycles. The number of carbonyl (C=O) groups excluding carboxylic acids is 1. The van der Waals surface area contributed by atoms with E-state index in [0.29, 0.717) is 10.7 Å². The number of para-hydroxylation sites is 1. The van der Waals surface area contributed by atoms with Crippen molar-refractivity contribution in [1.82, 2.24) is 20.2 Å². The smallest absolute Gasteiger partial charge is 0.216 e. The van der Waals surface area contributed by atoms with Crippen molar-refractivity contribution < 1.29 is 4.79 Å². The number of thioether (sulfide) groups is 1. The van der Waals surface area contributed by atoms with Gasteiger partial charge in [0.05, 0.1) is 0 Å². The number of nitrogens with one attached hydrogen (secondary N) is 2. The van der Waals surface area contributed by atoms with Crippen LogP contribution in [-0.2, 0) is 6.42 Å². The number of rotatable bonds is 6. The molecule has 2 aromatic heterocycles. The molecule has 4 rings (SSSR count). The van der Waals surface area contributed by atoms with Crippen LogP contribution in [-0.4, -0.2) is 25.9 Å². The maximum absolute atomic E-state index is 13.5. The van der Waals surface area contributed by atoms with Crippen molar-refractivity contribution >= 4 is 34.4 Å². The molecule has 2 aromatic carbocycles. The minimum absolute atomic E-state index is 0.00840. The Morgan fingerprint density at radius 1 is 1.19 bits per heavy atom. The molecule has 4 N–H and O–H groups in total. The third-order valence-electron chi connectivity index (χ3n) is 4.49. The number of Topliss-reactive ketones (excluding diaryl/α,β-unsaturated/α-hetero) is 1. The molecule has 7 heteroatoms. The molecule has 6 nitrogen and oxygen atoms in total. The molecule has 27 heavy (non-hydrogen) atoms. The van der Waals surface area contributed by atoms with Crippen LogP contribution in [0.2, 0.25) is 0 Å². The van der Waals surface area contributed by atoms with E-state index in [0.717, 1.165) is 22.9 Å². The standard InChI is InChI=1S/C20H19N5OS/c1-2-12-9-6-10-14-15(11-22-16(12)14)17(26)18(13-7-4-3-5-8-13)27-20-23-19(21)24-25-20/h3-11,18,22H,2H2,1H3,(H3,21,23,24,25)/t18-/m1/s1. The molecule has 0 aliphatic rings. The van der Waals surface area contributed by atoms with Crippen LogP contribution in [0.15, 0.2) is 59.9 Å². The third kappa shape index (κ3) is 3.33. The molecular formula is C20H19N5OS. The lowest BCUT2D eigenvalue weighted by Gasteiger charge is -2.14. The fraction of sp³-hybridized carbons (Fsp3) is 0.150. The minimum atomic E-state index is -0.467. The van der Waals surface area contributed by atoms with Gasteiger partial charge in [0.2, 0.25) is 11.1 Å². The van der Waals surface area contributed by atoms with E-state index >= 15 is 0 Å². The zero-order chi connectivity index (χ0) is 18.8. The van der Waals surface area contributed by atoms with Crippen molar-refractivity contribution in [2.24, 2.45) is 0 Å². The van der Waals surface area contributed by atoms with E-state index in [2.05, 4.69) is 33.2 Å². The number of nitrogens with two attached hydrogens (primary N) is 1. The summed E-state index contributed by atoms with van der Waals surface area (Å²) in [5.41, 5.74) is 9.42. The molecule has 0 fully saturated rings. The number of aromatic nitrogens is 4. The van der Waals surface area contributed by atoms with E-state index in [-0.39, 0.29) is 11.7 Å². The summed E-state index contributed by atoms with van der Waals surface area (Å²) in [6.45, 7) is 2.10. The quantitative estimate of drug-likeness (QED) is 0.346. The van der Waals surface area contributed by atoms with Crippen LogP contribution in [0.3, 0.4) is 0 Å². The van der Waals surface area contributed by atoms with Gasteiger partial charge in [-0.2, -0.15) is 4.98 Å². The summed E-state index contributed by atoms with van der Waals surface area (Å²) in [5.74, 6) is 0.241. The van der Waals surface area contributed by atoms with Gasteiger partial charge in [-0.25, -0.2) is 5.10 Å². The number of aryl methyl sites for hydroxylation is 1. The second-order valence-electron chi connectivity index (χ2n) is 6.17. The van der Waals surface area contributed by atoms with Crippen LogP contribution in [0.4, 0.5) is 5.95 Å². The molecule has 0 radical (unpaired) electrons. The Balaban J connectivity index is 1.77. The Labute approximate surface area is 160 Å². The maximum Gasteiger partial charge on any atom is 0.216 e. The van der Waals surface area contributed by atoms with Crippen molar-refractivity contribution in [2.75, 3.05) is 5.73 Å². The molecule has 0 bridgehead atoms. The van der Waals surface area contributed by atoms with Gasteiger partial charge in [-0.05, 0) is 17.5 Å². The molecule has 0 saturated heterocycles. The van der Waals surface area contributed by atoms with Gasteiger partial charge in [-0.15, -0.1) is 5.10 Å². The zero-order valence-electron chi connectivity index (χ0n) is 14.8. The number of fused-ring (bicyclic) bond motifs is 1. The zero-order valence-corrected chi connectivity index (χ0v) is 15.6. The van der Waals surface area contributed by atoms with Crippen molar-refractivity contribution in [3.63, 3.8) is 0 Å². The first-order valence-corrected chi connectivity index (χ1v) is 9.58. The number of benzene rings is 2. The van der Waals surface area contributed by atoms with Crippen molar-refractivity contribution in [1.29, 1.82) is 0 Å². The number of aromatic amines is 2. The van der Waals surface area contributed by atoms with Crippen molar-refractivity contribution in [3.8, 4) is 0 Å². The van der Waals surface area contributed by atoms with Gasteiger partial charge < -0.3 is 10.7 Å². The summed E-state index contributed by atoms with van der Waals surface area (Å²) < 4.78 is 0. The van der Waals surface area contributed by atoms with Gasteiger partial charge in [-0.1, -0.05) is 67.2 Å². The van der Waals surface area contributed by atoms with E-state index in [1.807, 2.05) is 42.5 Å². The van der Waals surface area contributed by atoms with E-state index in [4.69, 9.17) is 5.73 Å². The van der Waals surface area contributed by atoms with Gasteiger partial charge >= 0.3 is 0 Å². The minimum Gasteiger partial charge on any atom is -0.368 e. The van der Waals surface area contributed by atoms with Gasteiger partial charge in [0.1, 0.15) is 5.25 Å². The summed E-state index contributed by atoms with van der Waals surface area (Å²) >= 11 is 1.29. The number of anilines is 1. The number of H-pyrrole nitrogens is 2. The molecule has 2 heterocycles. The van der Waals surface area contributed by atoms with E-state index in [1.165, 1.54) is 17.3 Å². The molecule has 136 valence electrons. The number of hydrogen-bond acceptors (Lipinski definition) is 5. The highest BCUT2D eigenvalue weighted by atomic mass is 32.2. The Morgan fingerprint density at radius 3 is 2.70 bits per heavy atom. The molecule has 1 atom stereocenters. The van der Waals surface area contributed by atoms with Crippen LogP contribution >= 0.6 is 11.8 Å². The summed E-state index contributed by atoms with van der Waals surface area (Å²) in [5, 5.41) is 7.62. The summed E-state index contributed by atoms with van der Waals surface area (Å²) in [6, 6.07) is 15.7. The Bertz CT molecular complexity index is 1090. The first kappa shape index (κ1) is 17.4. The lowest BCUT2D eigenvalue weighted by atomic mass is 10.0. The SMILES string of the molecule is CCc1cccc2c(C(=O)[C@H](Sc3n[nH]c(N)n3)c3ccccc3)c[nH]c12. The topological polar surface area (TPSA) is 100 Å². The number of ketones is 1. The third-order valence-corrected chi connectivity index (χ3v) is 5.61. The second kappa shape index (κ2) is 7.28.